The van der Waals surface area contributed by atoms with Crippen LogP contribution < -0.4 is 0 Å². The molecule has 3 nitrogen and oxygen atoms in total. The van der Waals surface area contributed by atoms with Crippen molar-refractivity contribution in [2.75, 3.05) is 19.7 Å². The van der Waals surface area contributed by atoms with Gasteiger partial charge in [-0.2, -0.15) is 0 Å². The molecule has 18 heavy (non-hydrogen) atoms. The standard InChI is InChI=1S/C15H21NO2/c1-13-6-5-9-16(15(13)17)10-11-18-12-14-7-3-2-4-8-14/h2-4,7-8,13H,5-6,9-12H2,1H3. The highest BCUT2D eigenvalue weighted by Gasteiger charge is 2.24. The van der Waals surface area contributed by atoms with E-state index in [0.29, 0.717) is 13.2 Å². The first kappa shape index (κ1) is 13.1. The van der Waals surface area contributed by atoms with Gasteiger partial charge in [-0.1, -0.05) is 37.3 Å². The Labute approximate surface area is 109 Å². The Balaban J connectivity index is 1.68. The number of carbonyl (C=O) groups is 1. The Hall–Kier alpha value is -1.35. The van der Waals surface area contributed by atoms with Crippen molar-refractivity contribution < 1.29 is 9.53 Å². The van der Waals surface area contributed by atoms with Crippen LogP contribution in [0.3, 0.4) is 0 Å². The van der Waals surface area contributed by atoms with E-state index in [4.69, 9.17) is 4.74 Å². The number of likely N-dealkylation sites (tertiary alicyclic amines) is 1. The van der Waals surface area contributed by atoms with Gasteiger partial charge in [0.15, 0.2) is 0 Å². The molecule has 1 saturated heterocycles. The second-order valence-corrected chi connectivity index (χ2v) is 4.91. The molecule has 1 aliphatic rings. The third-order valence-corrected chi connectivity index (χ3v) is 3.42. The molecule has 1 heterocycles. The number of hydrogen-bond acceptors (Lipinski definition) is 2. The lowest BCUT2D eigenvalue weighted by Gasteiger charge is -2.30. The number of benzene rings is 1. The van der Waals surface area contributed by atoms with Crippen molar-refractivity contribution in [1.82, 2.24) is 4.90 Å². The lowest BCUT2D eigenvalue weighted by molar-refractivity contribution is -0.138. The lowest BCUT2D eigenvalue weighted by atomic mass is 9.99. The zero-order valence-corrected chi connectivity index (χ0v) is 11.0. The van der Waals surface area contributed by atoms with Gasteiger partial charge < -0.3 is 9.64 Å². The van der Waals surface area contributed by atoms with Crippen LogP contribution in [0.25, 0.3) is 0 Å². The topological polar surface area (TPSA) is 29.5 Å². The summed E-state index contributed by atoms with van der Waals surface area (Å²) in [5, 5.41) is 0. The van der Waals surface area contributed by atoms with Gasteiger partial charge in [0, 0.05) is 19.0 Å². The average Bonchev–Trinajstić information content (AvgIpc) is 2.40. The van der Waals surface area contributed by atoms with Gasteiger partial charge in [0.05, 0.1) is 13.2 Å². The largest absolute Gasteiger partial charge is 0.375 e. The van der Waals surface area contributed by atoms with Crippen molar-refractivity contribution in [3.05, 3.63) is 35.9 Å². The normalized spacial score (nSPS) is 20.2. The molecule has 1 amide bonds. The van der Waals surface area contributed by atoms with Gasteiger partial charge in [-0.3, -0.25) is 4.79 Å². The smallest absolute Gasteiger partial charge is 0.225 e. The van der Waals surface area contributed by atoms with Crippen LogP contribution in [0.15, 0.2) is 30.3 Å². The summed E-state index contributed by atoms with van der Waals surface area (Å²) in [7, 11) is 0. The molecule has 0 spiro atoms. The number of carbonyl (C=O) groups excluding carboxylic acids is 1. The van der Waals surface area contributed by atoms with Crippen LogP contribution in [0.4, 0.5) is 0 Å². The van der Waals surface area contributed by atoms with E-state index in [1.54, 1.807) is 0 Å². The quantitative estimate of drug-likeness (QED) is 0.748. The van der Waals surface area contributed by atoms with Gasteiger partial charge in [0.1, 0.15) is 0 Å². The molecule has 0 N–H and O–H groups in total. The zero-order valence-electron chi connectivity index (χ0n) is 11.0. The molecule has 1 unspecified atom stereocenters. The van der Waals surface area contributed by atoms with Crippen molar-refractivity contribution in [2.24, 2.45) is 5.92 Å². The molecule has 98 valence electrons. The third-order valence-electron chi connectivity index (χ3n) is 3.42. The Bertz CT molecular complexity index is 377. The second-order valence-electron chi connectivity index (χ2n) is 4.91. The number of hydrogen-bond donors (Lipinski definition) is 0. The minimum Gasteiger partial charge on any atom is -0.375 e. The van der Waals surface area contributed by atoms with E-state index in [0.717, 1.165) is 25.9 Å². The summed E-state index contributed by atoms with van der Waals surface area (Å²) in [6.07, 6.45) is 2.14. The van der Waals surface area contributed by atoms with Crippen molar-refractivity contribution in [3.8, 4) is 0 Å². The summed E-state index contributed by atoms with van der Waals surface area (Å²) in [5.41, 5.74) is 1.18. The molecule has 1 atom stereocenters. The maximum atomic E-state index is 11.9. The molecule has 2 rings (SSSR count). The van der Waals surface area contributed by atoms with Crippen molar-refractivity contribution in [1.29, 1.82) is 0 Å². The van der Waals surface area contributed by atoms with Crippen molar-refractivity contribution in [3.63, 3.8) is 0 Å². The van der Waals surface area contributed by atoms with Crippen LogP contribution >= 0.6 is 0 Å². The minimum absolute atomic E-state index is 0.188. The molecule has 0 aliphatic carbocycles. The van der Waals surface area contributed by atoms with E-state index in [2.05, 4.69) is 0 Å². The highest BCUT2D eigenvalue weighted by molar-refractivity contribution is 5.79. The highest BCUT2D eigenvalue weighted by Crippen LogP contribution is 2.16. The average molecular weight is 247 g/mol. The Morgan fingerprint density at radius 1 is 1.33 bits per heavy atom. The predicted octanol–water partition coefficient (Wildman–Crippen LogP) is 2.46. The third kappa shape index (κ3) is 3.57. The number of ether oxygens (including phenoxy) is 1. The van der Waals surface area contributed by atoms with E-state index in [-0.39, 0.29) is 11.8 Å². The lowest BCUT2D eigenvalue weighted by Crippen LogP contribution is -2.41. The molecule has 3 heteroatoms. The summed E-state index contributed by atoms with van der Waals surface area (Å²) in [5.74, 6) is 0.470. The maximum absolute atomic E-state index is 11.9. The van der Waals surface area contributed by atoms with Crippen molar-refractivity contribution in [2.45, 2.75) is 26.4 Å². The maximum Gasteiger partial charge on any atom is 0.225 e. The van der Waals surface area contributed by atoms with Crippen molar-refractivity contribution >= 4 is 5.91 Å². The molecule has 0 bridgehead atoms. The monoisotopic (exact) mass is 247 g/mol. The molecular weight excluding hydrogens is 226 g/mol. The van der Waals surface area contributed by atoms with Gasteiger partial charge in [-0.25, -0.2) is 0 Å². The number of rotatable bonds is 5. The molecular formula is C15H21NO2. The van der Waals surface area contributed by atoms with Crippen LogP contribution in [-0.4, -0.2) is 30.5 Å². The number of piperidine rings is 1. The molecule has 0 aromatic heterocycles. The molecule has 1 aliphatic heterocycles. The Morgan fingerprint density at radius 3 is 2.89 bits per heavy atom. The molecule has 1 aromatic rings. The van der Waals surface area contributed by atoms with Gasteiger partial charge in [-0.05, 0) is 18.4 Å². The fourth-order valence-electron chi connectivity index (χ4n) is 2.29. The molecule has 0 saturated carbocycles. The van der Waals surface area contributed by atoms with Crippen LogP contribution in [0.2, 0.25) is 0 Å². The van der Waals surface area contributed by atoms with Gasteiger partial charge in [0.2, 0.25) is 5.91 Å². The minimum atomic E-state index is 0.188. The highest BCUT2D eigenvalue weighted by atomic mass is 16.5. The number of nitrogens with zero attached hydrogens (tertiary/aromatic N) is 1. The van der Waals surface area contributed by atoms with E-state index in [9.17, 15) is 4.79 Å². The van der Waals surface area contributed by atoms with Crippen LogP contribution in [-0.2, 0) is 16.1 Å². The van der Waals surface area contributed by atoms with Gasteiger partial charge in [0.25, 0.3) is 0 Å². The second kappa shape index (κ2) is 6.55. The van der Waals surface area contributed by atoms with E-state index in [1.807, 2.05) is 42.2 Å². The van der Waals surface area contributed by atoms with Gasteiger partial charge >= 0.3 is 0 Å². The zero-order chi connectivity index (χ0) is 12.8. The van der Waals surface area contributed by atoms with E-state index < -0.39 is 0 Å². The Kier molecular flexibility index (Phi) is 4.76. The molecule has 0 radical (unpaired) electrons. The summed E-state index contributed by atoms with van der Waals surface area (Å²) in [4.78, 5) is 13.8. The van der Waals surface area contributed by atoms with E-state index in [1.165, 1.54) is 5.56 Å². The first-order valence-electron chi connectivity index (χ1n) is 6.68. The van der Waals surface area contributed by atoms with Crippen LogP contribution in [0.5, 0.6) is 0 Å². The fraction of sp³-hybridized carbons (Fsp3) is 0.533. The number of amides is 1. The summed E-state index contributed by atoms with van der Waals surface area (Å²) in [6, 6.07) is 10.1. The molecule has 1 fully saturated rings. The fourth-order valence-corrected chi connectivity index (χ4v) is 2.29. The van der Waals surface area contributed by atoms with E-state index >= 15 is 0 Å². The Morgan fingerprint density at radius 2 is 2.11 bits per heavy atom. The summed E-state index contributed by atoms with van der Waals surface area (Å²) >= 11 is 0. The summed E-state index contributed by atoms with van der Waals surface area (Å²) < 4.78 is 5.61. The van der Waals surface area contributed by atoms with Crippen LogP contribution in [0.1, 0.15) is 25.3 Å². The SMILES string of the molecule is CC1CCCN(CCOCc2ccccc2)C1=O. The first-order chi connectivity index (χ1) is 8.77. The van der Waals surface area contributed by atoms with Crippen LogP contribution in [0, 0.1) is 5.92 Å². The first-order valence-corrected chi connectivity index (χ1v) is 6.68. The molecule has 1 aromatic carbocycles. The summed E-state index contributed by atoms with van der Waals surface area (Å²) in [6.45, 7) is 4.86. The predicted molar refractivity (Wildman–Crippen MR) is 71.1 cm³/mol. The van der Waals surface area contributed by atoms with Gasteiger partial charge in [-0.15, -0.1) is 0 Å².